The summed E-state index contributed by atoms with van der Waals surface area (Å²) in [6.07, 6.45) is 2.62. The van der Waals surface area contributed by atoms with Gasteiger partial charge in [0.2, 0.25) is 0 Å². The molecule has 1 saturated heterocycles. The van der Waals surface area contributed by atoms with Crippen LogP contribution in [-0.4, -0.2) is 29.1 Å². The number of para-hydroxylation sites is 2. The first kappa shape index (κ1) is 13.5. The number of pyridine rings is 1. The predicted octanol–water partition coefficient (Wildman–Crippen LogP) is 3.25. The molecule has 2 aromatic carbocycles. The normalized spacial score (nSPS) is 15.8. The third kappa shape index (κ3) is 2.22. The van der Waals surface area contributed by atoms with Crippen molar-refractivity contribution in [3.05, 3.63) is 58.8 Å². The van der Waals surface area contributed by atoms with Crippen molar-refractivity contribution in [2.75, 3.05) is 19.6 Å². The second-order valence-electron chi connectivity index (χ2n) is 6.06. The van der Waals surface area contributed by atoms with Crippen LogP contribution in [0.5, 0.6) is 0 Å². The lowest BCUT2D eigenvalue weighted by Gasteiger charge is -2.19. The zero-order valence-electron chi connectivity index (χ0n) is 12.7. The van der Waals surface area contributed by atoms with Crippen LogP contribution in [0.3, 0.4) is 0 Å². The smallest absolute Gasteiger partial charge is 0.197 e. The molecule has 0 N–H and O–H groups in total. The van der Waals surface area contributed by atoms with E-state index in [1.165, 1.54) is 25.9 Å². The van der Waals surface area contributed by atoms with Gasteiger partial charge in [-0.25, -0.2) is 0 Å². The van der Waals surface area contributed by atoms with E-state index in [9.17, 15) is 4.79 Å². The molecule has 3 nitrogen and oxygen atoms in total. The Balaban J connectivity index is 1.88. The number of hydrogen-bond donors (Lipinski definition) is 0. The molecule has 0 radical (unpaired) electrons. The summed E-state index contributed by atoms with van der Waals surface area (Å²) < 4.78 is 2.31. The monoisotopic (exact) mass is 292 g/mol. The molecule has 112 valence electrons. The first-order chi connectivity index (χ1) is 10.8. The number of fused-ring (bicyclic) bond motifs is 2. The molecule has 2 heterocycles. The maximum Gasteiger partial charge on any atom is 0.197 e. The van der Waals surface area contributed by atoms with Gasteiger partial charge in [-0.05, 0) is 50.2 Å². The minimum absolute atomic E-state index is 0.142. The first-order valence-electron chi connectivity index (χ1n) is 8.07. The van der Waals surface area contributed by atoms with E-state index in [1.54, 1.807) is 0 Å². The summed E-state index contributed by atoms with van der Waals surface area (Å²) in [6.45, 7) is 4.39. The number of nitrogens with zero attached hydrogens (tertiary/aromatic N) is 2. The highest BCUT2D eigenvalue weighted by Gasteiger charge is 2.13. The number of hydrogen-bond acceptors (Lipinski definition) is 2. The Bertz CT molecular complexity index is 815. The van der Waals surface area contributed by atoms with Crippen molar-refractivity contribution >= 4 is 21.8 Å². The quantitative estimate of drug-likeness (QED) is 0.692. The Hall–Kier alpha value is -2.13. The molecule has 0 amide bonds. The van der Waals surface area contributed by atoms with Crippen molar-refractivity contribution in [3.8, 4) is 0 Å². The van der Waals surface area contributed by atoms with E-state index in [0.717, 1.165) is 34.9 Å². The van der Waals surface area contributed by atoms with Crippen LogP contribution in [-0.2, 0) is 6.54 Å². The van der Waals surface area contributed by atoms with Crippen molar-refractivity contribution in [2.24, 2.45) is 0 Å². The van der Waals surface area contributed by atoms with Gasteiger partial charge in [0.1, 0.15) is 0 Å². The SMILES string of the molecule is O=c1c2ccccc2n(CCN2CCCC2)c2ccccc12. The highest BCUT2D eigenvalue weighted by atomic mass is 16.1. The van der Waals surface area contributed by atoms with Gasteiger partial charge in [0.05, 0.1) is 11.0 Å². The molecule has 3 aromatic rings. The van der Waals surface area contributed by atoms with E-state index >= 15 is 0 Å². The molecule has 22 heavy (non-hydrogen) atoms. The lowest BCUT2D eigenvalue weighted by molar-refractivity contribution is 0.326. The van der Waals surface area contributed by atoms with Gasteiger partial charge in [-0.1, -0.05) is 24.3 Å². The summed E-state index contributed by atoms with van der Waals surface area (Å²) in [5.41, 5.74) is 2.24. The van der Waals surface area contributed by atoms with Crippen molar-refractivity contribution in [1.29, 1.82) is 0 Å². The minimum Gasteiger partial charge on any atom is -0.339 e. The number of benzene rings is 2. The average molecular weight is 292 g/mol. The molecule has 0 saturated carbocycles. The van der Waals surface area contributed by atoms with Crippen LogP contribution in [0, 0.1) is 0 Å². The van der Waals surface area contributed by atoms with Crippen LogP contribution in [0.2, 0.25) is 0 Å². The number of rotatable bonds is 3. The predicted molar refractivity (Wildman–Crippen MR) is 91.4 cm³/mol. The maximum atomic E-state index is 12.7. The second-order valence-corrected chi connectivity index (χ2v) is 6.06. The molecule has 1 fully saturated rings. The number of aromatic nitrogens is 1. The molecule has 0 aliphatic carbocycles. The summed E-state index contributed by atoms with van der Waals surface area (Å²) in [7, 11) is 0. The Morgan fingerprint density at radius 2 is 1.32 bits per heavy atom. The lowest BCUT2D eigenvalue weighted by Crippen LogP contribution is -2.25. The molecule has 0 spiro atoms. The van der Waals surface area contributed by atoms with Gasteiger partial charge in [0.25, 0.3) is 0 Å². The van der Waals surface area contributed by atoms with Crippen molar-refractivity contribution in [2.45, 2.75) is 19.4 Å². The average Bonchev–Trinajstić information content (AvgIpc) is 3.08. The number of likely N-dealkylation sites (tertiary alicyclic amines) is 1. The first-order valence-corrected chi connectivity index (χ1v) is 8.07. The van der Waals surface area contributed by atoms with E-state index in [0.29, 0.717) is 0 Å². The van der Waals surface area contributed by atoms with Crippen LogP contribution in [0.15, 0.2) is 53.3 Å². The van der Waals surface area contributed by atoms with Gasteiger partial charge in [0.15, 0.2) is 5.43 Å². The highest BCUT2D eigenvalue weighted by molar-refractivity contribution is 5.93. The van der Waals surface area contributed by atoms with Crippen LogP contribution in [0.4, 0.5) is 0 Å². The van der Waals surface area contributed by atoms with Gasteiger partial charge >= 0.3 is 0 Å². The zero-order chi connectivity index (χ0) is 14.9. The van der Waals surface area contributed by atoms with E-state index in [2.05, 4.69) is 21.6 Å². The van der Waals surface area contributed by atoms with Gasteiger partial charge in [-0.15, -0.1) is 0 Å². The van der Waals surface area contributed by atoms with Crippen LogP contribution >= 0.6 is 0 Å². The van der Waals surface area contributed by atoms with Gasteiger partial charge in [-0.2, -0.15) is 0 Å². The molecule has 1 aromatic heterocycles. The molecule has 1 aliphatic rings. The van der Waals surface area contributed by atoms with E-state index in [1.807, 2.05) is 36.4 Å². The minimum atomic E-state index is 0.142. The summed E-state index contributed by atoms with van der Waals surface area (Å²) >= 11 is 0. The van der Waals surface area contributed by atoms with E-state index in [-0.39, 0.29) is 5.43 Å². The van der Waals surface area contributed by atoms with Crippen LogP contribution < -0.4 is 5.43 Å². The molecule has 0 unspecified atom stereocenters. The largest absolute Gasteiger partial charge is 0.339 e. The molecule has 1 aliphatic heterocycles. The zero-order valence-corrected chi connectivity index (χ0v) is 12.7. The third-order valence-corrected chi connectivity index (χ3v) is 4.72. The Morgan fingerprint density at radius 1 is 0.773 bits per heavy atom. The molecular formula is C19H20N2O. The molecule has 0 atom stereocenters. The summed E-state index contributed by atoms with van der Waals surface area (Å²) in [5.74, 6) is 0. The van der Waals surface area contributed by atoms with Crippen molar-refractivity contribution in [1.82, 2.24) is 9.47 Å². The second kappa shape index (κ2) is 5.58. The van der Waals surface area contributed by atoms with Crippen LogP contribution in [0.25, 0.3) is 21.8 Å². The molecule has 4 rings (SSSR count). The summed E-state index contributed by atoms with van der Waals surface area (Å²) in [5, 5.41) is 1.64. The standard InChI is InChI=1S/C19H20N2O/c22-19-15-7-1-3-9-17(15)21(14-13-20-11-5-6-12-20)18-10-4-2-8-16(18)19/h1-4,7-10H,5-6,11-14H2. The molecular weight excluding hydrogens is 272 g/mol. The third-order valence-electron chi connectivity index (χ3n) is 4.72. The van der Waals surface area contributed by atoms with Gasteiger partial charge in [0, 0.05) is 23.9 Å². The molecule has 0 bridgehead atoms. The fraction of sp³-hybridized carbons (Fsp3) is 0.316. The Morgan fingerprint density at radius 3 is 1.91 bits per heavy atom. The fourth-order valence-corrected chi connectivity index (χ4v) is 3.57. The molecule has 3 heteroatoms. The summed E-state index contributed by atoms with van der Waals surface area (Å²) in [4.78, 5) is 15.2. The highest BCUT2D eigenvalue weighted by Crippen LogP contribution is 2.19. The van der Waals surface area contributed by atoms with Crippen molar-refractivity contribution < 1.29 is 0 Å². The van der Waals surface area contributed by atoms with E-state index < -0.39 is 0 Å². The maximum absolute atomic E-state index is 12.7. The lowest BCUT2D eigenvalue weighted by atomic mass is 10.1. The van der Waals surface area contributed by atoms with E-state index in [4.69, 9.17) is 0 Å². The van der Waals surface area contributed by atoms with Gasteiger partial charge < -0.3 is 9.47 Å². The van der Waals surface area contributed by atoms with Crippen molar-refractivity contribution in [3.63, 3.8) is 0 Å². The van der Waals surface area contributed by atoms with Gasteiger partial charge in [-0.3, -0.25) is 4.79 Å². The Labute approximate surface area is 129 Å². The Kier molecular flexibility index (Phi) is 3.43. The summed E-state index contributed by atoms with van der Waals surface area (Å²) in [6, 6.07) is 15.9. The fourth-order valence-electron chi connectivity index (χ4n) is 3.57. The topological polar surface area (TPSA) is 25.2 Å². The van der Waals surface area contributed by atoms with Crippen LogP contribution in [0.1, 0.15) is 12.8 Å².